The van der Waals surface area contributed by atoms with Gasteiger partial charge in [0.15, 0.2) is 12.6 Å². The maximum atomic E-state index is 10.1. The first kappa shape index (κ1) is 21.6. The van der Waals surface area contributed by atoms with Crippen molar-refractivity contribution >= 4 is 0 Å². The Balaban J connectivity index is 0.00000312. The number of hydrogen-bond donors (Lipinski definition) is 7. The molecule has 0 saturated carbocycles. The Hall–Kier alpha value is -1.44. The third-order valence-corrected chi connectivity index (χ3v) is 4.12. The maximum Gasteiger partial charge on any atom is 0.187 e. The first-order chi connectivity index (χ1) is 11.3. The van der Waals surface area contributed by atoms with E-state index in [2.05, 4.69) is 11.8 Å². The Morgan fingerprint density at radius 3 is 1.76 bits per heavy atom. The monoisotopic (exact) mass is 622 g/mol. The van der Waals surface area contributed by atoms with Gasteiger partial charge < -0.3 is 54.7 Å². The Labute approximate surface area is 137 Å². The van der Waals surface area contributed by atoms with Gasteiger partial charge in [-0.25, -0.2) is 7.11 Å². The molecule has 10 unspecified atom stereocenters. The third-order valence-electron chi connectivity index (χ3n) is 4.12. The summed E-state index contributed by atoms with van der Waals surface area (Å²) in [5.74, 6) is 0. The zero-order chi connectivity index (χ0) is 18.0. The first-order valence-corrected chi connectivity index (χ1v) is 7.35. The van der Waals surface area contributed by atoms with E-state index in [9.17, 15) is 30.6 Å². The normalized spacial score (nSPS) is 48.0. The van der Waals surface area contributed by atoms with Crippen LogP contribution >= 0.6 is 0 Å². The molecule has 0 aromatic heterocycles. The van der Waals surface area contributed by atoms with Crippen LogP contribution in [0.15, 0.2) is 0 Å². The van der Waals surface area contributed by atoms with Crippen molar-refractivity contribution in [3.8, 4) is 0 Å². The number of ether oxygens (including phenoxy) is 4. The molecule has 25 heavy (non-hydrogen) atoms. The fourth-order valence-electron chi connectivity index (χ4n) is 2.69. The van der Waals surface area contributed by atoms with Crippen molar-refractivity contribution in [3.63, 3.8) is 0 Å². The van der Waals surface area contributed by atoms with Crippen molar-refractivity contribution in [1.29, 1.82) is 0 Å². The van der Waals surface area contributed by atoms with Gasteiger partial charge in [0.2, 0.25) is 0 Å². The SMILES string of the molecule is [CH2-]OC1OC(CO)C(OC2OC(CO)C(O)C(O)C2O)C(O)C1O.[Rf]. The summed E-state index contributed by atoms with van der Waals surface area (Å²) >= 11 is 0. The van der Waals surface area contributed by atoms with Gasteiger partial charge in [0.25, 0.3) is 0 Å². The van der Waals surface area contributed by atoms with Crippen LogP contribution in [0.25, 0.3) is 0 Å². The van der Waals surface area contributed by atoms with Crippen LogP contribution in [0.3, 0.4) is 0 Å². The van der Waals surface area contributed by atoms with Crippen LogP contribution < -0.4 is 0 Å². The van der Waals surface area contributed by atoms with Crippen LogP contribution in [0.5, 0.6) is 0 Å². The summed E-state index contributed by atoms with van der Waals surface area (Å²) in [5.41, 5.74) is 0. The van der Waals surface area contributed by atoms with Gasteiger partial charge >= 0.3 is 0 Å². The van der Waals surface area contributed by atoms with Gasteiger partial charge in [-0.3, -0.25) is 0 Å². The Morgan fingerprint density at radius 2 is 1.24 bits per heavy atom. The van der Waals surface area contributed by atoms with Crippen LogP contribution in [0.4, 0.5) is 0 Å². The van der Waals surface area contributed by atoms with E-state index in [1.54, 1.807) is 0 Å². The third kappa shape index (κ3) is 4.04. The fraction of sp³-hybridized carbons (Fsp3) is 0.923. The first-order valence-electron chi connectivity index (χ1n) is 7.35. The molecule has 0 aliphatic carbocycles. The predicted octanol–water partition coefficient (Wildman–Crippen LogP) is -4.58. The average Bonchev–Trinajstić information content (AvgIpc) is 2.59. The molecule has 2 saturated heterocycles. The Morgan fingerprint density at radius 1 is 0.720 bits per heavy atom. The van der Waals surface area contributed by atoms with Crippen LogP contribution in [0, 0.1) is 7.11 Å². The number of aliphatic hydroxyl groups is 7. The molecule has 10 atom stereocenters. The van der Waals surface area contributed by atoms with E-state index in [0.717, 1.165) is 0 Å². The van der Waals surface area contributed by atoms with E-state index >= 15 is 0 Å². The largest absolute Gasteiger partial charge is 0.531 e. The molecule has 2 fully saturated rings. The molecule has 2 heterocycles. The minimum absolute atomic E-state index is 0. The van der Waals surface area contributed by atoms with E-state index in [4.69, 9.17) is 19.3 Å². The zero-order valence-corrected chi connectivity index (χ0v) is 19.8. The maximum absolute atomic E-state index is 10.1. The van der Waals surface area contributed by atoms with Gasteiger partial charge in [0.1, 0.15) is 48.8 Å². The minimum atomic E-state index is -1.70. The van der Waals surface area contributed by atoms with E-state index in [1.165, 1.54) is 0 Å². The molecule has 144 valence electrons. The molecule has 0 amide bonds. The second-order valence-corrected chi connectivity index (χ2v) is 5.67. The molecule has 2 rings (SSSR count). The van der Waals surface area contributed by atoms with Crippen LogP contribution in [0.1, 0.15) is 0 Å². The van der Waals surface area contributed by atoms with Gasteiger partial charge in [0.05, 0.1) is 13.2 Å². The van der Waals surface area contributed by atoms with Crippen molar-refractivity contribution < 1.29 is 54.7 Å². The van der Waals surface area contributed by atoms with Crippen molar-refractivity contribution in [3.05, 3.63) is 7.11 Å². The summed E-state index contributed by atoms with van der Waals surface area (Å²) in [6, 6.07) is 0. The molecule has 2 aliphatic rings. The van der Waals surface area contributed by atoms with Crippen molar-refractivity contribution in [1.82, 2.24) is 0 Å². The summed E-state index contributed by atoms with van der Waals surface area (Å²) in [7, 11) is 3.08. The number of aliphatic hydroxyl groups excluding tert-OH is 7. The molecule has 7 N–H and O–H groups in total. The van der Waals surface area contributed by atoms with Gasteiger partial charge in [0, 0.05) is 0 Å². The van der Waals surface area contributed by atoms with E-state index in [1.807, 2.05) is 0 Å². The summed E-state index contributed by atoms with van der Waals surface area (Å²) in [4.78, 5) is 0. The van der Waals surface area contributed by atoms with Gasteiger partial charge in [-0.2, -0.15) is 0 Å². The predicted molar refractivity (Wildman–Crippen MR) is 72.8 cm³/mol. The Kier molecular flexibility index (Phi) is 7.59. The topological polar surface area (TPSA) is 179 Å². The summed E-state index contributed by atoms with van der Waals surface area (Å²) in [5, 5.41) is 67.9. The van der Waals surface area contributed by atoms with Gasteiger partial charge in [-0.05, 0) is 0 Å². The van der Waals surface area contributed by atoms with Crippen LogP contribution in [0.2, 0.25) is 0 Å². The molecule has 0 aromatic carbocycles. The van der Waals surface area contributed by atoms with Crippen molar-refractivity contribution in [2.24, 2.45) is 0 Å². The van der Waals surface area contributed by atoms with Gasteiger partial charge in [-0.15, -0.1) is 0 Å². The van der Waals surface area contributed by atoms with Gasteiger partial charge in [-0.1, -0.05) is 0 Å². The molecule has 2 aliphatic heterocycles. The van der Waals surface area contributed by atoms with E-state index in [-0.39, 0.29) is 0 Å². The second-order valence-electron chi connectivity index (χ2n) is 5.67. The number of rotatable bonds is 5. The zero-order valence-electron chi connectivity index (χ0n) is 13.4. The molecule has 12 heteroatoms. The average molecular weight is 622 g/mol. The smallest absolute Gasteiger partial charge is 0.187 e. The van der Waals surface area contributed by atoms with Crippen LogP contribution in [-0.4, -0.2) is 110 Å². The molecular formula is C13H23O11Rf-. The van der Waals surface area contributed by atoms with Crippen molar-refractivity contribution in [2.75, 3.05) is 13.2 Å². The molecule has 0 aromatic rings. The number of hydrogen-bond acceptors (Lipinski definition) is 11. The molecule has 0 radical (unpaired) electrons. The molecule has 0 bridgehead atoms. The summed E-state index contributed by atoms with van der Waals surface area (Å²) in [6.45, 7) is -1.27. The fourth-order valence-corrected chi connectivity index (χ4v) is 2.69. The second kappa shape index (κ2) is 8.78. The Bertz CT molecular complexity index is 398. The summed E-state index contributed by atoms with van der Waals surface area (Å²) < 4.78 is 20.3. The molecule has 0 spiro atoms. The molecule has 11 nitrogen and oxygen atoms in total. The minimum Gasteiger partial charge on any atom is -0.531 e. The van der Waals surface area contributed by atoms with E-state index < -0.39 is 74.6 Å². The van der Waals surface area contributed by atoms with Crippen LogP contribution in [-0.2, 0) is 18.9 Å². The van der Waals surface area contributed by atoms with E-state index in [0.29, 0.717) is 0 Å². The quantitative estimate of drug-likeness (QED) is 0.147. The summed E-state index contributed by atoms with van der Waals surface area (Å²) in [6.07, 6.45) is -14.6. The molecular weight excluding hydrogens is 599 g/mol. The van der Waals surface area contributed by atoms with Crippen molar-refractivity contribution in [2.45, 2.75) is 61.4 Å². The standard InChI is InChI=1S/C13H23O11.Rf/c1-21-12-10(20)8(18)11(5(3-15)23-12)24-13-9(19)7(17)6(16)4(2-14)22-13;/h4-20H,1-3H2;/q-1;.